The Morgan fingerprint density at radius 3 is 2.46 bits per heavy atom. The number of amides is 1. The third-order valence-corrected chi connectivity index (χ3v) is 4.80. The zero-order valence-corrected chi connectivity index (χ0v) is 16.0. The third-order valence-electron chi connectivity index (χ3n) is 3.47. The van der Waals surface area contributed by atoms with Gasteiger partial charge in [-0.3, -0.25) is 14.5 Å². The summed E-state index contributed by atoms with van der Waals surface area (Å²) in [7, 11) is 0. The van der Waals surface area contributed by atoms with Gasteiger partial charge in [-0.1, -0.05) is 42.4 Å². The normalized spacial score (nSPS) is 10.7. The molecular weight excluding hydrogens is 372 g/mol. The molecule has 0 aliphatic rings. The van der Waals surface area contributed by atoms with E-state index in [1.165, 1.54) is 11.8 Å². The molecule has 0 saturated carbocycles. The third kappa shape index (κ3) is 6.71. The molecule has 7 heteroatoms. The smallest absolute Gasteiger partial charge is 0.317 e. The molecular formula is C19H21ClN2O3S. The topological polar surface area (TPSA) is 69.6 Å². The van der Waals surface area contributed by atoms with Crippen LogP contribution in [0, 0.1) is 0 Å². The number of hydrogen-bond acceptors (Lipinski definition) is 4. The molecule has 26 heavy (non-hydrogen) atoms. The van der Waals surface area contributed by atoms with E-state index in [-0.39, 0.29) is 19.0 Å². The standard InChI is InChI=1S/C19H21ClN2O3S/c1-2-11-22(13-19(24)25)12-18(23)21-16-5-3-4-6-17(16)26-15-9-7-14(20)8-10-15/h3-10H,2,11-13H2,1H3,(H,21,23)(H,24,25). The molecule has 5 nitrogen and oxygen atoms in total. The van der Waals surface area contributed by atoms with E-state index in [1.54, 1.807) is 4.90 Å². The highest BCUT2D eigenvalue weighted by Crippen LogP contribution is 2.33. The molecule has 138 valence electrons. The second kappa shape index (κ2) is 10.2. The first kappa shape index (κ1) is 20.3. The number of nitrogens with one attached hydrogen (secondary N) is 1. The van der Waals surface area contributed by atoms with Crippen molar-refractivity contribution >= 4 is 40.9 Å². The van der Waals surface area contributed by atoms with Crippen LogP contribution in [0.3, 0.4) is 0 Å². The maximum absolute atomic E-state index is 12.4. The van der Waals surface area contributed by atoms with Crippen LogP contribution in [0.15, 0.2) is 58.3 Å². The molecule has 0 heterocycles. The van der Waals surface area contributed by atoms with Gasteiger partial charge in [0.05, 0.1) is 18.8 Å². The van der Waals surface area contributed by atoms with Crippen molar-refractivity contribution < 1.29 is 14.7 Å². The number of halogens is 1. The minimum atomic E-state index is -0.940. The van der Waals surface area contributed by atoms with Gasteiger partial charge in [0.2, 0.25) is 5.91 Å². The number of carbonyl (C=O) groups is 2. The molecule has 0 aliphatic carbocycles. The molecule has 0 bridgehead atoms. The molecule has 0 fully saturated rings. The van der Waals surface area contributed by atoms with Crippen LogP contribution in [0.5, 0.6) is 0 Å². The number of hydrogen-bond donors (Lipinski definition) is 2. The summed E-state index contributed by atoms with van der Waals surface area (Å²) >= 11 is 7.44. The molecule has 2 aromatic rings. The second-order valence-electron chi connectivity index (χ2n) is 5.70. The molecule has 2 aromatic carbocycles. The number of para-hydroxylation sites is 1. The van der Waals surface area contributed by atoms with E-state index in [9.17, 15) is 9.59 Å². The van der Waals surface area contributed by atoms with E-state index in [1.807, 2.05) is 55.5 Å². The predicted molar refractivity (Wildman–Crippen MR) is 105 cm³/mol. The average molecular weight is 393 g/mol. The molecule has 0 unspecified atom stereocenters. The van der Waals surface area contributed by atoms with E-state index < -0.39 is 5.97 Å². The van der Waals surface area contributed by atoms with E-state index in [0.29, 0.717) is 17.3 Å². The van der Waals surface area contributed by atoms with Crippen LogP contribution in [-0.4, -0.2) is 41.5 Å². The molecule has 2 N–H and O–H groups in total. The maximum atomic E-state index is 12.4. The number of anilines is 1. The van der Waals surface area contributed by atoms with E-state index in [4.69, 9.17) is 16.7 Å². The first-order chi connectivity index (χ1) is 12.5. The highest BCUT2D eigenvalue weighted by atomic mass is 35.5. The van der Waals surface area contributed by atoms with Crippen molar-refractivity contribution in [1.29, 1.82) is 0 Å². The SMILES string of the molecule is CCCN(CC(=O)O)CC(=O)Nc1ccccc1Sc1ccc(Cl)cc1. The van der Waals surface area contributed by atoms with Gasteiger partial charge in [-0.2, -0.15) is 0 Å². The molecule has 0 atom stereocenters. The minimum absolute atomic E-state index is 0.0418. The van der Waals surface area contributed by atoms with Gasteiger partial charge in [-0.05, 0) is 49.4 Å². The van der Waals surface area contributed by atoms with Crippen molar-refractivity contribution in [2.75, 3.05) is 25.0 Å². The summed E-state index contributed by atoms with van der Waals surface area (Å²) in [4.78, 5) is 26.8. The van der Waals surface area contributed by atoms with Crippen LogP contribution in [0.25, 0.3) is 0 Å². The van der Waals surface area contributed by atoms with E-state index >= 15 is 0 Å². The van der Waals surface area contributed by atoms with Crippen molar-refractivity contribution in [2.45, 2.75) is 23.1 Å². The summed E-state index contributed by atoms with van der Waals surface area (Å²) in [5.41, 5.74) is 0.698. The Bertz CT molecular complexity index is 753. The maximum Gasteiger partial charge on any atom is 0.317 e. The van der Waals surface area contributed by atoms with Gasteiger partial charge in [0.1, 0.15) is 0 Å². The van der Waals surface area contributed by atoms with Crippen LogP contribution in [-0.2, 0) is 9.59 Å². The number of carboxylic acid groups (broad SMARTS) is 1. The molecule has 0 aromatic heterocycles. The van der Waals surface area contributed by atoms with Gasteiger partial charge in [0.25, 0.3) is 0 Å². The number of nitrogens with zero attached hydrogens (tertiary/aromatic N) is 1. The predicted octanol–water partition coefficient (Wildman–Crippen LogP) is 4.23. The summed E-state index contributed by atoms with van der Waals surface area (Å²) in [5, 5.41) is 12.5. The Hall–Kier alpha value is -2.02. The molecule has 2 rings (SSSR count). The molecule has 0 saturated heterocycles. The fraction of sp³-hybridized carbons (Fsp3) is 0.263. The number of rotatable bonds is 9. The van der Waals surface area contributed by atoms with Crippen molar-refractivity contribution in [3.05, 3.63) is 53.6 Å². The molecule has 0 spiro atoms. The summed E-state index contributed by atoms with van der Waals surface area (Å²) in [6.45, 7) is 2.40. The number of benzene rings is 2. The van der Waals surface area contributed by atoms with Crippen LogP contribution in [0.1, 0.15) is 13.3 Å². The van der Waals surface area contributed by atoms with E-state index in [0.717, 1.165) is 16.2 Å². The summed E-state index contributed by atoms with van der Waals surface area (Å²) in [5.74, 6) is -1.17. The van der Waals surface area contributed by atoms with Gasteiger partial charge in [-0.25, -0.2) is 0 Å². The summed E-state index contributed by atoms with van der Waals surface area (Å²) in [6.07, 6.45) is 0.781. The Kier molecular flexibility index (Phi) is 7.97. The van der Waals surface area contributed by atoms with Crippen LogP contribution >= 0.6 is 23.4 Å². The van der Waals surface area contributed by atoms with Crippen LogP contribution in [0.4, 0.5) is 5.69 Å². The van der Waals surface area contributed by atoms with Crippen LogP contribution in [0.2, 0.25) is 5.02 Å². The Labute approximate surface area is 162 Å². The average Bonchev–Trinajstić information content (AvgIpc) is 2.58. The van der Waals surface area contributed by atoms with Crippen LogP contribution < -0.4 is 5.32 Å². The van der Waals surface area contributed by atoms with E-state index in [2.05, 4.69) is 5.32 Å². The van der Waals surface area contributed by atoms with Gasteiger partial charge < -0.3 is 10.4 Å². The zero-order valence-electron chi connectivity index (χ0n) is 14.4. The number of carboxylic acids is 1. The zero-order chi connectivity index (χ0) is 18.9. The Morgan fingerprint density at radius 1 is 1.12 bits per heavy atom. The highest BCUT2D eigenvalue weighted by molar-refractivity contribution is 7.99. The summed E-state index contributed by atoms with van der Waals surface area (Å²) < 4.78 is 0. The first-order valence-electron chi connectivity index (χ1n) is 8.24. The van der Waals surface area contributed by atoms with Gasteiger partial charge in [0, 0.05) is 14.8 Å². The van der Waals surface area contributed by atoms with Crippen molar-refractivity contribution in [2.24, 2.45) is 0 Å². The molecule has 0 radical (unpaired) electrons. The largest absolute Gasteiger partial charge is 0.480 e. The van der Waals surface area contributed by atoms with Crippen molar-refractivity contribution in [3.8, 4) is 0 Å². The number of carbonyl (C=O) groups excluding carboxylic acids is 1. The lowest BCUT2D eigenvalue weighted by Gasteiger charge is -2.19. The first-order valence-corrected chi connectivity index (χ1v) is 9.44. The highest BCUT2D eigenvalue weighted by Gasteiger charge is 2.14. The van der Waals surface area contributed by atoms with Crippen molar-refractivity contribution in [1.82, 2.24) is 4.90 Å². The monoisotopic (exact) mass is 392 g/mol. The van der Waals surface area contributed by atoms with Gasteiger partial charge >= 0.3 is 5.97 Å². The molecule has 0 aliphatic heterocycles. The quantitative estimate of drug-likeness (QED) is 0.668. The minimum Gasteiger partial charge on any atom is -0.480 e. The molecule has 1 amide bonds. The summed E-state index contributed by atoms with van der Waals surface area (Å²) in [6, 6.07) is 15.0. The van der Waals surface area contributed by atoms with Gasteiger partial charge in [-0.15, -0.1) is 0 Å². The fourth-order valence-corrected chi connectivity index (χ4v) is 3.43. The Morgan fingerprint density at radius 2 is 1.81 bits per heavy atom. The number of aliphatic carboxylic acids is 1. The lowest BCUT2D eigenvalue weighted by Crippen LogP contribution is -2.37. The van der Waals surface area contributed by atoms with Crippen molar-refractivity contribution in [3.63, 3.8) is 0 Å². The lowest BCUT2D eigenvalue weighted by atomic mass is 10.3. The van der Waals surface area contributed by atoms with Gasteiger partial charge in [0.15, 0.2) is 0 Å². The lowest BCUT2D eigenvalue weighted by molar-refractivity contribution is -0.138. The Balaban J connectivity index is 2.05. The fourth-order valence-electron chi connectivity index (χ4n) is 2.40. The second-order valence-corrected chi connectivity index (χ2v) is 7.26.